The topological polar surface area (TPSA) is 38.3 Å². The summed E-state index contributed by atoms with van der Waals surface area (Å²) >= 11 is 0. The van der Waals surface area contributed by atoms with E-state index in [9.17, 15) is 9.18 Å². The highest BCUT2D eigenvalue weighted by Crippen LogP contribution is 2.12. The third kappa shape index (κ3) is 3.30. The number of alkyl halides is 1. The third-order valence-electron chi connectivity index (χ3n) is 2.09. The monoisotopic (exact) mass is 189 g/mol. The van der Waals surface area contributed by atoms with Gasteiger partial charge in [-0.05, 0) is 19.4 Å². The van der Waals surface area contributed by atoms with Gasteiger partial charge >= 0.3 is 5.97 Å². The van der Waals surface area contributed by atoms with E-state index in [1.165, 1.54) is 0 Å². The van der Waals surface area contributed by atoms with Gasteiger partial charge in [0.15, 0.2) is 0 Å². The van der Waals surface area contributed by atoms with E-state index in [4.69, 9.17) is 4.74 Å². The molecule has 0 bridgehead atoms. The largest absolute Gasteiger partial charge is 0.459 e. The average Bonchev–Trinajstić information content (AvgIpc) is 2.09. The SMILES string of the molecule is CCCC(=O)OC1CCNCC1F. The molecule has 13 heavy (non-hydrogen) atoms. The lowest BCUT2D eigenvalue weighted by molar-refractivity contribution is -0.153. The van der Waals surface area contributed by atoms with Gasteiger partial charge in [0.2, 0.25) is 0 Å². The van der Waals surface area contributed by atoms with E-state index in [1.807, 2.05) is 6.92 Å². The summed E-state index contributed by atoms with van der Waals surface area (Å²) in [6.07, 6.45) is 0.142. The minimum atomic E-state index is -1.05. The number of carbonyl (C=O) groups is 1. The molecule has 1 rings (SSSR count). The van der Waals surface area contributed by atoms with Crippen molar-refractivity contribution in [2.24, 2.45) is 0 Å². The second-order valence-electron chi connectivity index (χ2n) is 3.29. The fourth-order valence-electron chi connectivity index (χ4n) is 1.36. The first-order valence-corrected chi connectivity index (χ1v) is 4.78. The summed E-state index contributed by atoms with van der Waals surface area (Å²) in [5, 5.41) is 2.90. The highest BCUT2D eigenvalue weighted by atomic mass is 19.1. The van der Waals surface area contributed by atoms with Crippen molar-refractivity contribution < 1.29 is 13.9 Å². The minimum Gasteiger partial charge on any atom is -0.459 e. The van der Waals surface area contributed by atoms with Crippen LogP contribution in [0.1, 0.15) is 26.2 Å². The summed E-state index contributed by atoms with van der Waals surface area (Å²) in [7, 11) is 0. The van der Waals surface area contributed by atoms with Gasteiger partial charge in [0.05, 0.1) is 0 Å². The number of hydrogen-bond donors (Lipinski definition) is 1. The zero-order valence-corrected chi connectivity index (χ0v) is 7.88. The Balaban J connectivity index is 2.29. The lowest BCUT2D eigenvalue weighted by Crippen LogP contribution is -2.43. The van der Waals surface area contributed by atoms with Crippen molar-refractivity contribution in [2.45, 2.75) is 38.5 Å². The Hall–Kier alpha value is -0.640. The zero-order chi connectivity index (χ0) is 9.68. The van der Waals surface area contributed by atoms with Crippen molar-refractivity contribution in [1.29, 1.82) is 0 Å². The molecule has 1 N–H and O–H groups in total. The van der Waals surface area contributed by atoms with Crippen molar-refractivity contribution in [1.82, 2.24) is 5.32 Å². The standard InChI is InChI=1S/C9H16FNO2/c1-2-3-9(12)13-8-4-5-11-6-7(8)10/h7-8,11H,2-6H2,1H3. The Bertz CT molecular complexity index is 175. The van der Waals surface area contributed by atoms with Crippen LogP contribution in [0.25, 0.3) is 0 Å². The second-order valence-corrected chi connectivity index (χ2v) is 3.29. The summed E-state index contributed by atoms with van der Waals surface area (Å²) in [6.45, 7) is 2.92. The van der Waals surface area contributed by atoms with E-state index < -0.39 is 12.3 Å². The molecule has 1 aliphatic heterocycles. The predicted octanol–water partition coefficient (Wildman–Crippen LogP) is 1.03. The Labute approximate surface area is 77.6 Å². The molecular formula is C9H16FNO2. The normalized spacial score (nSPS) is 28.5. The summed E-state index contributed by atoms with van der Waals surface area (Å²) < 4.78 is 18.1. The molecule has 0 aromatic heterocycles. The van der Waals surface area contributed by atoms with Crippen LogP contribution >= 0.6 is 0 Å². The van der Waals surface area contributed by atoms with Crippen LogP contribution in [0.2, 0.25) is 0 Å². The van der Waals surface area contributed by atoms with Gasteiger partial charge in [-0.2, -0.15) is 0 Å². The predicted molar refractivity (Wildman–Crippen MR) is 47.2 cm³/mol. The highest BCUT2D eigenvalue weighted by molar-refractivity contribution is 5.69. The summed E-state index contributed by atoms with van der Waals surface area (Å²) in [6, 6.07) is 0. The third-order valence-corrected chi connectivity index (χ3v) is 2.09. The maximum absolute atomic E-state index is 13.1. The van der Waals surface area contributed by atoms with E-state index in [2.05, 4.69) is 5.32 Å². The van der Waals surface area contributed by atoms with Gasteiger partial charge in [-0.3, -0.25) is 4.79 Å². The first kappa shape index (κ1) is 10.4. The molecule has 2 unspecified atom stereocenters. The quantitative estimate of drug-likeness (QED) is 0.674. The van der Waals surface area contributed by atoms with Crippen LogP contribution in [-0.2, 0) is 9.53 Å². The van der Waals surface area contributed by atoms with Crippen molar-refractivity contribution in [2.75, 3.05) is 13.1 Å². The maximum Gasteiger partial charge on any atom is 0.306 e. The van der Waals surface area contributed by atoms with Crippen LogP contribution in [0.5, 0.6) is 0 Å². The van der Waals surface area contributed by atoms with E-state index in [1.54, 1.807) is 0 Å². The van der Waals surface area contributed by atoms with Crippen molar-refractivity contribution in [3.63, 3.8) is 0 Å². The van der Waals surface area contributed by atoms with Gasteiger partial charge in [-0.1, -0.05) is 6.92 Å². The number of piperidine rings is 1. The summed E-state index contributed by atoms with van der Waals surface area (Å²) in [5.41, 5.74) is 0. The van der Waals surface area contributed by atoms with Crippen LogP contribution in [-0.4, -0.2) is 31.3 Å². The second kappa shape index (κ2) is 5.17. The number of hydrogen-bond acceptors (Lipinski definition) is 3. The first-order chi connectivity index (χ1) is 6.24. The Kier molecular flexibility index (Phi) is 4.15. The molecule has 1 fully saturated rings. The van der Waals surface area contributed by atoms with Crippen LogP contribution in [0.4, 0.5) is 4.39 Å². The van der Waals surface area contributed by atoms with E-state index >= 15 is 0 Å². The number of halogens is 1. The van der Waals surface area contributed by atoms with Gasteiger partial charge in [-0.25, -0.2) is 4.39 Å². The Morgan fingerprint density at radius 2 is 2.46 bits per heavy atom. The Morgan fingerprint density at radius 1 is 1.69 bits per heavy atom. The van der Waals surface area contributed by atoms with Crippen LogP contribution < -0.4 is 5.32 Å². The number of ether oxygens (including phenoxy) is 1. The molecule has 0 saturated carbocycles. The molecule has 0 aromatic carbocycles. The molecule has 76 valence electrons. The fourth-order valence-corrected chi connectivity index (χ4v) is 1.36. The number of nitrogens with one attached hydrogen (secondary N) is 1. The molecule has 1 aliphatic rings. The molecule has 0 spiro atoms. The molecule has 0 amide bonds. The lowest BCUT2D eigenvalue weighted by Gasteiger charge is -2.26. The van der Waals surface area contributed by atoms with Crippen LogP contribution in [0.15, 0.2) is 0 Å². The molecule has 0 aliphatic carbocycles. The molecule has 1 saturated heterocycles. The summed E-state index contributed by atoms with van der Waals surface area (Å²) in [4.78, 5) is 11.0. The van der Waals surface area contributed by atoms with E-state index in [0.717, 1.165) is 13.0 Å². The molecule has 3 nitrogen and oxygen atoms in total. The van der Waals surface area contributed by atoms with Crippen molar-refractivity contribution in [3.8, 4) is 0 Å². The number of carbonyl (C=O) groups excluding carboxylic acids is 1. The van der Waals surface area contributed by atoms with Crippen LogP contribution in [0.3, 0.4) is 0 Å². The minimum absolute atomic E-state index is 0.281. The zero-order valence-electron chi connectivity index (χ0n) is 7.88. The van der Waals surface area contributed by atoms with E-state index in [-0.39, 0.29) is 5.97 Å². The smallest absolute Gasteiger partial charge is 0.306 e. The van der Waals surface area contributed by atoms with Gasteiger partial charge in [-0.15, -0.1) is 0 Å². The molecule has 0 radical (unpaired) electrons. The van der Waals surface area contributed by atoms with Gasteiger partial charge in [0, 0.05) is 13.0 Å². The van der Waals surface area contributed by atoms with E-state index in [0.29, 0.717) is 19.4 Å². The molecule has 4 heteroatoms. The average molecular weight is 189 g/mol. The molecule has 2 atom stereocenters. The fraction of sp³-hybridized carbons (Fsp3) is 0.889. The highest BCUT2D eigenvalue weighted by Gasteiger charge is 2.27. The van der Waals surface area contributed by atoms with Gasteiger partial charge in [0.25, 0.3) is 0 Å². The van der Waals surface area contributed by atoms with Gasteiger partial charge < -0.3 is 10.1 Å². The summed E-state index contributed by atoms with van der Waals surface area (Å²) in [5.74, 6) is -0.281. The maximum atomic E-state index is 13.1. The molecule has 0 aromatic rings. The Morgan fingerprint density at radius 3 is 3.08 bits per heavy atom. The number of esters is 1. The first-order valence-electron chi connectivity index (χ1n) is 4.78. The van der Waals surface area contributed by atoms with Gasteiger partial charge in [0.1, 0.15) is 12.3 Å². The lowest BCUT2D eigenvalue weighted by atomic mass is 10.1. The van der Waals surface area contributed by atoms with Crippen molar-refractivity contribution in [3.05, 3.63) is 0 Å². The molecular weight excluding hydrogens is 173 g/mol. The van der Waals surface area contributed by atoms with Crippen LogP contribution in [0, 0.1) is 0 Å². The van der Waals surface area contributed by atoms with Crippen molar-refractivity contribution >= 4 is 5.97 Å². The number of rotatable bonds is 3. The molecule has 1 heterocycles.